The summed E-state index contributed by atoms with van der Waals surface area (Å²) in [6, 6.07) is 4.67. The monoisotopic (exact) mass is 487 g/mol. The van der Waals surface area contributed by atoms with E-state index in [1.807, 2.05) is 13.8 Å². The summed E-state index contributed by atoms with van der Waals surface area (Å²) < 4.78 is 15.9. The smallest absolute Gasteiger partial charge is 0.253 e. The first-order chi connectivity index (χ1) is 15.9. The Morgan fingerprint density at radius 3 is 2.85 bits per heavy atom. The molecule has 1 N–H and O–H groups in total. The number of hydrogen-bond acceptors (Lipinski definition) is 5. The Balaban J connectivity index is 1.41. The van der Waals surface area contributed by atoms with Gasteiger partial charge in [-0.25, -0.2) is 13.9 Å². The topological polar surface area (TPSA) is 72.2 Å². The minimum absolute atomic E-state index is 0.0361. The number of halogens is 2. The van der Waals surface area contributed by atoms with Crippen molar-refractivity contribution in [1.29, 1.82) is 0 Å². The number of aromatic nitrogens is 4. The van der Waals surface area contributed by atoms with E-state index in [1.165, 1.54) is 36.2 Å². The van der Waals surface area contributed by atoms with Crippen LogP contribution in [0.25, 0.3) is 5.78 Å². The maximum atomic E-state index is 14.3. The fourth-order valence-corrected chi connectivity index (χ4v) is 4.94. The summed E-state index contributed by atoms with van der Waals surface area (Å²) in [4.78, 5) is 21.2. The maximum absolute atomic E-state index is 14.3. The number of carbonyl (C=O) groups is 1. The van der Waals surface area contributed by atoms with E-state index in [9.17, 15) is 9.18 Å². The highest BCUT2D eigenvalue weighted by molar-refractivity contribution is 7.99. The molecule has 2 aromatic heterocycles. The number of rotatable bonds is 8. The molecular weight excluding hydrogens is 461 g/mol. The number of carbonyl (C=O) groups excluding carboxylic acids is 1. The first-order valence-electron chi connectivity index (χ1n) is 11.2. The molecule has 0 saturated carbocycles. The van der Waals surface area contributed by atoms with Gasteiger partial charge in [-0.2, -0.15) is 4.98 Å². The third-order valence-corrected chi connectivity index (χ3v) is 7.12. The lowest BCUT2D eigenvalue weighted by Crippen LogP contribution is -2.26. The van der Waals surface area contributed by atoms with Gasteiger partial charge in [-0.05, 0) is 63.6 Å². The lowest BCUT2D eigenvalue weighted by molar-refractivity contribution is -0.118. The second-order valence-corrected chi connectivity index (χ2v) is 9.59. The van der Waals surface area contributed by atoms with Crippen molar-refractivity contribution in [3.05, 3.63) is 63.2 Å². The van der Waals surface area contributed by atoms with Crippen LogP contribution < -0.4 is 5.32 Å². The summed E-state index contributed by atoms with van der Waals surface area (Å²) in [6.45, 7) is 4.43. The van der Waals surface area contributed by atoms with Crippen LogP contribution in [-0.2, 0) is 11.2 Å². The van der Waals surface area contributed by atoms with Crippen molar-refractivity contribution in [2.24, 2.45) is 0 Å². The Morgan fingerprint density at radius 1 is 1.24 bits per heavy atom. The minimum atomic E-state index is -0.345. The first-order valence-corrected chi connectivity index (χ1v) is 12.5. The van der Waals surface area contributed by atoms with Crippen LogP contribution in [0, 0.1) is 19.7 Å². The number of benzene rings is 1. The molecule has 1 amide bonds. The Kier molecular flexibility index (Phi) is 7.65. The third kappa shape index (κ3) is 5.73. The van der Waals surface area contributed by atoms with Crippen LogP contribution in [0.1, 0.15) is 54.6 Å². The van der Waals surface area contributed by atoms with Crippen molar-refractivity contribution in [3.8, 4) is 0 Å². The standard InChI is InChI=1S/C24H27ClFN5OS/c1-15-18(13-19-20(25)9-6-10-21(19)26)16(2)31-23(28-15)29-24(30-31)33-14-22(32)27-12-11-17-7-4-3-5-8-17/h6-7,9-10H,3-5,8,11-14H2,1-2H3,(H,27,32). The number of nitrogens with one attached hydrogen (secondary N) is 1. The molecule has 0 aliphatic heterocycles. The van der Waals surface area contributed by atoms with Gasteiger partial charge in [0.05, 0.1) is 5.75 Å². The van der Waals surface area contributed by atoms with Gasteiger partial charge in [-0.3, -0.25) is 4.79 Å². The molecule has 0 fully saturated rings. The molecule has 4 rings (SSSR count). The zero-order chi connectivity index (χ0) is 23.4. The van der Waals surface area contributed by atoms with Crippen molar-refractivity contribution < 1.29 is 9.18 Å². The molecule has 0 radical (unpaired) electrons. The van der Waals surface area contributed by atoms with Gasteiger partial charge in [0.25, 0.3) is 5.78 Å². The van der Waals surface area contributed by atoms with Crippen LogP contribution in [0.15, 0.2) is 35.0 Å². The molecule has 2 heterocycles. The highest BCUT2D eigenvalue weighted by atomic mass is 35.5. The average molecular weight is 488 g/mol. The second-order valence-electron chi connectivity index (χ2n) is 8.24. The second kappa shape index (κ2) is 10.7. The van der Waals surface area contributed by atoms with E-state index in [4.69, 9.17) is 11.6 Å². The number of nitrogens with zero attached hydrogens (tertiary/aromatic N) is 4. The summed E-state index contributed by atoms with van der Waals surface area (Å²) >= 11 is 7.50. The van der Waals surface area contributed by atoms with Crippen LogP contribution in [0.5, 0.6) is 0 Å². The van der Waals surface area contributed by atoms with Crippen molar-refractivity contribution in [1.82, 2.24) is 24.9 Å². The SMILES string of the molecule is Cc1nc2nc(SCC(=O)NCCC3=CCCCC3)nn2c(C)c1Cc1c(F)cccc1Cl. The first kappa shape index (κ1) is 23.7. The van der Waals surface area contributed by atoms with Crippen LogP contribution in [-0.4, -0.2) is 37.8 Å². The van der Waals surface area contributed by atoms with Crippen LogP contribution in [0.4, 0.5) is 4.39 Å². The molecule has 1 aliphatic carbocycles. The summed E-state index contributed by atoms with van der Waals surface area (Å²) in [5.41, 5.74) is 4.30. The molecule has 3 aromatic rings. The van der Waals surface area contributed by atoms with Gasteiger partial charge in [0, 0.05) is 34.9 Å². The Bertz CT molecular complexity index is 1190. The van der Waals surface area contributed by atoms with E-state index in [1.54, 1.807) is 16.6 Å². The van der Waals surface area contributed by atoms with E-state index < -0.39 is 0 Å². The van der Waals surface area contributed by atoms with Crippen molar-refractivity contribution in [2.75, 3.05) is 12.3 Å². The minimum Gasteiger partial charge on any atom is -0.355 e. The third-order valence-electron chi connectivity index (χ3n) is 5.93. The number of thioether (sulfide) groups is 1. The van der Waals surface area contributed by atoms with E-state index >= 15 is 0 Å². The van der Waals surface area contributed by atoms with Gasteiger partial charge in [0.1, 0.15) is 5.82 Å². The zero-order valence-corrected chi connectivity index (χ0v) is 20.4. The largest absolute Gasteiger partial charge is 0.355 e. The summed E-state index contributed by atoms with van der Waals surface area (Å²) in [7, 11) is 0. The fourth-order valence-electron chi connectivity index (χ4n) is 4.06. The summed E-state index contributed by atoms with van der Waals surface area (Å²) in [5, 5.41) is 8.36. The zero-order valence-electron chi connectivity index (χ0n) is 18.8. The number of fused-ring (bicyclic) bond motifs is 1. The van der Waals surface area contributed by atoms with E-state index in [-0.39, 0.29) is 17.5 Å². The van der Waals surface area contributed by atoms with Gasteiger partial charge in [0.15, 0.2) is 0 Å². The number of amides is 1. The molecule has 0 bridgehead atoms. The molecule has 1 aliphatic rings. The predicted molar refractivity (Wildman–Crippen MR) is 129 cm³/mol. The van der Waals surface area contributed by atoms with Crippen molar-refractivity contribution in [2.45, 2.75) is 57.5 Å². The Labute approximate surface area is 202 Å². The number of hydrogen-bond donors (Lipinski definition) is 1. The highest BCUT2D eigenvalue weighted by Gasteiger charge is 2.17. The van der Waals surface area contributed by atoms with E-state index in [0.29, 0.717) is 34.5 Å². The maximum Gasteiger partial charge on any atom is 0.253 e. The lowest BCUT2D eigenvalue weighted by atomic mass is 9.97. The van der Waals surface area contributed by atoms with Crippen LogP contribution in [0.3, 0.4) is 0 Å². The molecule has 6 nitrogen and oxygen atoms in total. The van der Waals surface area contributed by atoms with Gasteiger partial charge in [-0.15, -0.1) is 5.10 Å². The molecule has 33 heavy (non-hydrogen) atoms. The molecular formula is C24H27ClFN5OS. The van der Waals surface area contributed by atoms with Crippen molar-refractivity contribution >= 4 is 35.0 Å². The summed E-state index contributed by atoms with van der Waals surface area (Å²) in [5.74, 6) is 0.319. The molecule has 0 spiro atoms. The van der Waals surface area contributed by atoms with Gasteiger partial charge in [0.2, 0.25) is 11.1 Å². The summed E-state index contributed by atoms with van der Waals surface area (Å²) in [6.07, 6.45) is 8.35. The molecule has 0 atom stereocenters. The lowest BCUT2D eigenvalue weighted by Gasteiger charge is -2.12. The molecule has 0 unspecified atom stereocenters. The van der Waals surface area contributed by atoms with E-state index in [0.717, 1.165) is 36.2 Å². The van der Waals surface area contributed by atoms with Gasteiger partial charge in [-0.1, -0.05) is 41.1 Å². The van der Waals surface area contributed by atoms with Crippen LogP contribution >= 0.6 is 23.4 Å². The van der Waals surface area contributed by atoms with Gasteiger partial charge >= 0.3 is 0 Å². The Hall–Kier alpha value is -2.45. The normalized spacial score (nSPS) is 13.9. The molecule has 0 saturated heterocycles. The molecule has 9 heteroatoms. The molecule has 174 valence electrons. The average Bonchev–Trinajstić information content (AvgIpc) is 3.20. The van der Waals surface area contributed by atoms with Crippen LogP contribution in [0.2, 0.25) is 5.02 Å². The van der Waals surface area contributed by atoms with E-state index in [2.05, 4.69) is 26.5 Å². The quantitative estimate of drug-likeness (QED) is 0.348. The Morgan fingerprint density at radius 2 is 2.09 bits per heavy atom. The number of aryl methyl sites for hydroxylation is 2. The highest BCUT2D eigenvalue weighted by Crippen LogP contribution is 2.26. The van der Waals surface area contributed by atoms with Gasteiger partial charge < -0.3 is 5.32 Å². The van der Waals surface area contributed by atoms with Crippen molar-refractivity contribution in [3.63, 3.8) is 0 Å². The molecule has 1 aromatic carbocycles. The predicted octanol–water partition coefficient (Wildman–Crippen LogP) is 5.22. The number of allylic oxidation sites excluding steroid dienone is 1. The fraction of sp³-hybridized carbons (Fsp3) is 0.417.